The molecular weight excluding hydrogens is 146 g/mol. The van der Waals surface area contributed by atoms with Gasteiger partial charge in [0.05, 0.1) is 0 Å². The van der Waals surface area contributed by atoms with Crippen molar-refractivity contribution in [3.8, 4) is 6.19 Å². The van der Waals surface area contributed by atoms with Gasteiger partial charge in [0, 0.05) is 6.42 Å². The number of nitriles is 1. The van der Waals surface area contributed by atoms with Crippen LogP contribution in [0.25, 0.3) is 0 Å². The van der Waals surface area contributed by atoms with Crippen molar-refractivity contribution >= 4 is 11.8 Å². The number of imide groups is 1. The van der Waals surface area contributed by atoms with Crippen LogP contribution in [0.1, 0.15) is 12.8 Å². The zero-order valence-electron chi connectivity index (χ0n) is 5.76. The molecule has 1 aliphatic heterocycles. The fourth-order valence-corrected chi connectivity index (χ4v) is 0.909. The van der Waals surface area contributed by atoms with Crippen molar-refractivity contribution in [1.82, 2.24) is 10.6 Å². The highest BCUT2D eigenvalue weighted by Gasteiger charge is 2.25. The van der Waals surface area contributed by atoms with Gasteiger partial charge in [-0.2, -0.15) is 5.26 Å². The Labute approximate surface area is 63.4 Å². The minimum atomic E-state index is -0.530. The molecule has 0 spiro atoms. The number of nitrogens with one attached hydrogen (secondary N) is 2. The summed E-state index contributed by atoms with van der Waals surface area (Å²) in [4.78, 5) is 21.4. The molecule has 1 aliphatic rings. The van der Waals surface area contributed by atoms with E-state index < -0.39 is 11.9 Å². The number of hydrogen-bond acceptors (Lipinski definition) is 4. The van der Waals surface area contributed by atoms with E-state index in [1.807, 2.05) is 0 Å². The van der Waals surface area contributed by atoms with Gasteiger partial charge in [-0.1, -0.05) is 0 Å². The normalized spacial score (nSPS) is 23.7. The highest BCUT2D eigenvalue weighted by molar-refractivity contribution is 6.00. The molecular formula is C6H7N3O2. The monoisotopic (exact) mass is 153 g/mol. The van der Waals surface area contributed by atoms with Gasteiger partial charge in [0.2, 0.25) is 11.8 Å². The summed E-state index contributed by atoms with van der Waals surface area (Å²) in [6.07, 6.45) is 2.36. The van der Waals surface area contributed by atoms with Crippen LogP contribution in [-0.2, 0) is 9.59 Å². The molecule has 0 bridgehead atoms. The van der Waals surface area contributed by atoms with E-state index in [-0.39, 0.29) is 5.91 Å². The predicted octanol–water partition coefficient (Wildman–Crippen LogP) is -1.14. The Balaban J connectivity index is 2.52. The van der Waals surface area contributed by atoms with E-state index in [0.717, 1.165) is 0 Å². The van der Waals surface area contributed by atoms with Gasteiger partial charge >= 0.3 is 0 Å². The molecule has 1 rings (SSSR count). The van der Waals surface area contributed by atoms with Gasteiger partial charge in [-0.15, -0.1) is 0 Å². The summed E-state index contributed by atoms with van der Waals surface area (Å²) >= 11 is 0. The maximum absolute atomic E-state index is 10.8. The Hall–Kier alpha value is -1.57. The Morgan fingerprint density at radius 1 is 1.64 bits per heavy atom. The highest BCUT2D eigenvalue weighted by atomic mass is 16.2. The SMILES string of the molecule is N#CNC1CCC(=O)NC1=O. The van der Waals surface area contributed by atoms with Crippen LogP contribution in [-0.4, -0.2) is 17.9 Å². The van der Waals surface area contributed by atoms with Crippen LogP contribution in [0.2, 0.25) is 0 Å². The van der Waals surface area contributed by atoms with Crippen molar-refractivity contribution in [2.75, 3.05) is 0 Å². The van der Waals surface area contributed by atoms with Crippen molar-refractivity contribution in [1.29, 1.82) is 5.26 Å². The standard InChI is InChI=1S/C6H7N3O2/c7-3-8-4-1-2-5(10)9-6(4)11/h4,8H,1-2H2,(H,9,10,11). The van der Waals surface area contributed by atoms with E-state index in [4.69, 9.17) is 5.26 Å². The Bertz CT molecular complexity index is 230. The zero-order valence-corrected chi connectivity index (χ0v) is 5.76. The third-order valence-electron chi connectivity index (χ3n) is 1.48. The van der Waals surface area contributed by atoms with Gasteiger partial charge in [0.1, 0.15) is 6.04 Å². The fraction of sp³-hybridized carbons (Fsp3) is 0.500. The first-order valence-corrected chi connectivity index (χ1v) is 3.22. The zero-order chi connectivity index (χ0) is 8.27. The lowest BCUT2D eigenvalue weighted by molar-refractivity contribution is -0.134. The molecule has 0 aromatic heterocycles. The van der Waals surface area contributed by atoms with Crippen LogP contribution in [0.4, 0.5) is 0 Å². The molecule has 5 heteroatoms. The van der Waals surface area contributed by atoms with Crippen LogP contribution in [0.3, 0.4) is 0 Å². The maximum Gasteiger partial charge on any atom is 0.249 e. The number of rotatable bonds is 1. The van der Waals surface area contributed by atoms with Gasteiger partial charge in [-0.25, -0.2) is 0 Å². The number of piperidine rings is 1. The molecule has 1 unspecified atom stereocenters. The molecule has 58 valence electrons. The molecule has 11 heavy (non-hydrogen) atoms. The van der Waals surface area contributed by atoms with Crippen LogP contribution < -0.4 is 10.6 Å². The van der Waals surface area contributed by atoms with Gasteiger partial charge in [0.15, 0.2) is 6.19 Å². The lowest BCUT2D eigenvalue weighted by atomic mass is 10.1. The van der Waals surface area contributed by atoms with Gasteiger partial charge < -0.3 is 5.32 Å². The molecule has 2 N–H and O–H groups in total. The molecule has 0 aromatic carbocycles. The molecule has 5 nitrogen and oxygen atoms in total. The second-order valence-electron chi connectivity index (χ2n) is 2.26. The van der Waals surface area contributed by atoms with E-state index in [2.05, 4.69) is 10.6 Å². The molecule has 1 atom stereocenters. The quantitative estimate of drug-likeness (QED) is 0.283. The smallest absolute Gasteiger partial charge is 0.249 e. The molecule has 1 fully saturated rings. The minimum Gasteiger partial charge on any atom is -0.311 e. The number of carbonyl (C=O) groups is 2. The number of carbonyl (C=O) groups excluding carboxylic acids is 2. The molecule has 0 saturated carbocycles. The average Bonchev–Trinajstić information content (AvgIpc) is 1.95. The van der Waals surface area contributed by atoms with Crippen molar-refractivity contribution in [2.24, 2.45) is 0 Å². The van der Waals surface area contributed by atoms with E-state index in [0.29, 0.717) is 12.8 Å². The summed E-state index contributed by atoms with van der Waals surface area (Å²) in [6.45, 7) is 0. The summed E-state index contributed by atoms with van der Waals surface area (Å²) in [5, 5.41) is 12.6. The molecule has 2 amide bonds. The Morgan fingerprint density at radius 3 is 2.91 bits per heavy atom. The average molecular weight is 153 g/mol. The summed E-state index contributed by atoms with van der Waals surface area (Å²) in [7, 11) is 0. The molecule has 1 saturated heterocycles. The summed E-state index contributed by atoms with van der Waals surface area (Å²) in [6, 6.07) is -0.530. The lowest BCUT2D eigenvalue weighted by Crippen LogP contribution is -2.49. The molecule has 0 aliphatic carbocycles. The van der Waals surface area contributed by atoms with Crippen LogP contribution in [0.5, 0.6) is 0 Å². The van der Waals surface area contributed by atoms with Gasteiger partial charge in [-0.05, 0) is 6.42 Å². The van der Waals surface area contributed by atoms with Crippen molar-refractivity contribution in [3.05, 3.63) is 0 Å². The molecule has 0 radical (unpaired) electrons. The van der Waals surface area contributed by atoms with Gasteiger partial charge in [-0.3, -0.25) is 14.9 Å². The Morgan fingerprint density at radius 2 is 2.36 bits per heavy atom. The van der Waals surface area contributed by atoms with Crippen LogP contribution in [0, 0.1) is 11.5 Å². The summed E-state index contributed by atoms with van der Waals surface area (Å²) in [5.41, 5.74) is 0. The lowest BCUT2D eigenvalue weighted by Gasteiger charge is -2.18. The third kappa shape index (κ3) is 1.67. The Kier molecular flexibility index (Phi) is 2.06. The number of amides is 2. The van der Waals surface area contributed by atoms with E-state index in [9.17, 15) is 9.59 Å². The summed E-state index contributed by atoms with van der Waals surface area (Å²) in [5.74, 6) is -0.686. The summed E-state index contributed by atoms with van der Waals surface area (Å²) < 4.78 is 0. The third-order valence-corrected chi connectivity index (χ3v) is 1.48. The first-order chi connectivity index (χ1) is 5.24. The first-order valence-electron chi connectivity index (χ1n) is 3.22. The number of hydrogen-bond donors (Lipinski definition) is 2. The van der Waals surface area contributed by atoms with E-state index in [1.54, 1.807) is 6.19 Å². The second-order valence-corrected chi connectivity index (χ2v) is 2.26. The molecule has 0 aromatic rings. The molecule has 1 heterocycles. The second kappa shape index (κ2) is 3.01. The maximum atomic E-state index is 10.8. The fourth-order valence-electron chi connectivity index (χ4n) is 0.909. The highest BCUT2D eigenvalue weighted by Crippen LogP contribution is 2.02. The predicted molar refractivity (Wildman–Crippen MR) is 34.9 cm³/mol. The van der Waals surface area contributed by atoms with E-state index in [1.165, 1.54) is 0 Å². The van der Waals surface area contributed by atoms with Crippen molar-refractivity contribution < 1.29 is 9.59 Å². The largest absolute Gasteiger partial charge is 0.311 e. The van der Waals surface area contributed by atoms with Crippen LogP contribution in [0.15, 0.2) is 0 Å². The van der Waals surface area contributed by atoms with Gasteiger partial charge in [0.25, 0.3) is 0 Å². The number of nitrogens with zero attached hydrogens (tertiary/aromatic N) is 1. The van der Waals surface area contributed by atoms with E-state index >= 15 is 0 Å². The van der Waals surface area contributed by atoms with Crippen LogP contribution >= 0.6 is 0 Å². The van der Waals surface area contributed by atoms with Crippen molar-refractivity contribution in [2.45, 2.75) is 18.9 Å². The minimum absolute atomic E-state index is 0.272. The van der Waals surface area contributed by atoms with Crippen molar-refractivity contribution in [3.63, 3.8) is 0 Å². The topological polar surface area (TPSA) is 82.0 Å². The first kappa shape index (κ1) is 7.54.